The SMILES string of the molecule is Cc1nc(N[C@H](C)c2cc([N+](=O)[O-])cc(C(F)(F)F)c2)c2cc3c(cc2n1)OC[C@@H]1CN(C(=O)OC(C)(C)C)CCN31. The first-order valence-corrected chi connectivity index (χ1v) is 13.4. The Bertz CT molecular complexity index is 1560. The number of carbonyl (C=O) groups is 1. The number of aryl methyl sites for hydroxylation is 1. The predicted molar refractivity (Wildman–Crippen MR) is 149 cm³/mol. The molecule has 0 radical (unpaired) electrons. The van der Waals surface area contributed by atoms with Crippen LogP contribution in [0.25, 0.3) is 10.9 Å². The Morgan fingerprint density at radius 3 is 2.57 bits per heavy atom. The molecule has 3 aromatic rings. The van der Waals surface area contributed by atoms with E-state index in [4.69, 9.17) is 9.47 Å². The fourth-order valence-corrected chi connectivity index (χ4v) is 5.15. The number of non-ortho nitro benzene ring substituents is 1. The summed E-state index contributed by atoms with van der Waals surface area (Å²) in [6.07, 6.45) is -5.13. The van der Waals surface area contributed by atoms with Crippen LogP contribution < -0.4 is 15.0 Å². The van der Waals surface area contributed by atoms with Crippen LogP contribution in [0.1, 0.15) is 50.7 Å². The Hall–Kier alpha value is -4.36. The van der Waals surface area contributed by atoms with Crippen molar-refractivity contribution in [3.8, 4) is 5.75 Å². The van der Waals surface area contributed by atoms with Gasteiger partial charge in [-0.05, 0) is 52.3 Å². The summed E-state index contributed by atoms with van der Waals surface area (Å²) in [7, 11) is 0. The molecule has 42 heavy (non-hydrogen) atoms. The number of alkyl halides is 3. The molecule has 14 heteroatoms. The fourth-order valence-electron chi connectivity index (χ4n) is 5.15. The van der Waals surface area contributed by atoms with Gasteiger partial charge in [0.15, 0.2) is 0 Å². The summed E-state index contributed by atoms with van der Waals surface area (Å²) in [6, 6.07) is 5.30. The number of nitrogens with zero attached hydrogens (tertiary/aromatic N) is 5. The summed E-state index contributed by atoms with van der Waals surface area (Å²) in [5, 5.41) is 15.1. The first kappa shape index (κ1) is 29.1. The maximum Gasteiger partial charge on any atom is 0.416 e. The minimum absolute atomic E-state index is 0.0839. The van der Waals surface area contributed by atoms with Crippen molar-refractivity contribution in [3.63, 3.8) is 0 Å². The average molecular weight is 589 g/mol. The van der Waals surface area contributed by atoms with Crippen LogP contribution >= 0.6 is 0 Å². The van der Waals surface area contributed by atoms with Crippen LogP contribution in [0.3, 0.4) is 0 Å². The van der Waals surface area contributed by atoms with Gasteiger partial charge in [-0.15, -0.1) is 0 Å². The van der Waals surface area contributed by atoms with Crippen molar-refractivity contribution in [2.45, 2.75) is 58.5 Å². The van der Waals surface area contributed by atoms with Gasteiger partial charge in [0, 0.05) is 43.2 Å². The summed E-state index contributed by atoms with van der Waals surface area (Å²) >= 11 is 0. The molecule has 1 amide bonds. The van der Waals surface area contributed by atoms with E-state index in [0.717, 1.165) is 17.8 Å². The molecule has 0 unspecified atom stereocenters. The predicted octanol–water partition coefficient (Wildman–Crippen LogP) is 5.86. The molecule has 2 aliphatic rings. The molecule has 224 valence electrons. The molecule has 3 heterocycles. The van der Waals surface area contributed by atoms with Crippen LogP contribution in [-0.4, -0.2) is 63.8 Å². The van der Waals surface area contributed by atoms with E-state index in [0.29, 0.717) is 60.6 Å². The Labute approximate surface area is 239 Å². The highest BCUT2D eigenvalue weighted by atomic mass is 19.4. The Balaban J connectivity index is 1.46. The van der Waals surface area contributed by atoms with Crippen LogP contribution in [0.5, 0.6) is 5.75 Å². The standard InChI is InChI=1S/C28H31F3N6O5/c1-15(17-8-18(28(29,30)31)10-19(9-17)37(39)40)32-25-21-11-23-24(12-22(21)33-16(2)34-25)41-14-20-13-35(6-7-36(20)23)26(38)42-27(3,4)5/h8-12,15,20H,6-7,13-14H2,1-5H3,(H,32,33,34)/t15-,20+/m1/s1. The third kappa shape index (κ3) is 5.97. The van der Waals surface area contributed by atoms with E-state index in [1.54, 1.807) is 24.8 Å². The smallest absolute Gasteiger partial charge is 0.416 e. The van der Waals surface area contributed by atoms with Gasteiger partial charge in [0.1, 0.15) is 29.6 Å². The highest BCUT2D eigenvalue weighted by molar-refractivity contribution is 5.94. The second kappa shape index (κ2) is 10.5. The highest BCUT2D eigenvalue weighted by Crippen LogP contribution is 2.41. The number of fused-ring (bicyclic) bond motifs is 4. The molecular weight excluding hydrogens is 557 g/mol. The number of hydrogen-bond acceptors (Lipinski definition) is 9. The molecule has 1 fully saturated rings. The number of nitro benzene ring substituents is 1. The van der Waals surface area contributed by atoms with Crippen molar-refractivity contribution in [2.75, 3.05) is 36.5 Å². The molecule has 1 N–H and O–H groups in total. The van der Waals surface area contributed by atoms with Crippen LogP contribution in [0.2, 0.25) is 0 Å². The lowest BCUT2D eigenvalue weighted by Gasteiger charge is -2.45. The summed E-state index contributed by atoms with van der Waals surface area (Å²) in [4.78, 5) is 36.0. The third-order valence-electron chi connectivity index (χ3n) is 7.09. The Morgan fingerprint density at radius 1 is 1.17 bits per heavy atom. The van der Waals surface area contributed by atoms with E-state index < -0.39 is 34.0 Å². The Morgan fingerprint density at radius 2 is 1.90 bits per heavy atom. The molecule has 0 aliphatic carbocycles. The summed E-state index contributed by atoms with van der Waals surface area (Å²) < 4.78 is 52.1. The summed E-state index contributed by atoms with van der Waals surface area (Å²) in [5.74, 6) is 1.41. The lowest BCUT2D eigenvalue weighted by atomic mass is 10.0. The zero-order chi connectivity index (χ0) is 30.6. The topological polar surface area (TPSA) is 123 Å². The normalized spacial score (nSPS) is 17.7. The van der Waals surface area contributed by atoms with Crippen molar-refractivity contribution >= 4 is 34.2 Å². The second-order valence-electron chi connectivity index (χ2n) is 11.5. The first-order valence-electron chi connectivity index (χ1n) is 13.4. The largest absolute Gasteiger partial charge is 0.489 e. The molecule has 5 rings (SSSR count). The van der Waals surface area contributed by atoms with Gasteiger partial charge in [-0.3, -0.25) is 10.1 Å². The molecule has 2 aromatic carbocycles. The van der Waals surface area contributed by atoms with Gasteiger partial charge in [0.25, 0.3) is 5.69 Å². The van der Waals surface area contributed by atoms with Gasteiger partial charge in [-0.1, -0.05) is 0 Å². The van der Waals surface area contributed by atoms with Crippen molar-refractivity contribution in [3.05, 3.63) is 57.4 Å². The van der Waals surface area contributed by atoms with Crippen molar-refractivity contribution in [2.24, 2.45) is 0 Å². The van der Waals surface area contributed by atoms with Crippen LogP contribution in [0, 0.1) is 17.0 Å². The molecule has 0 saturated carbocycles. The number of aromatic nitrogens is 2. The fraction of sp³-hybridized carbons (Fsp3) is 0.464. The van der Waals surface area contributed by atoms with Gasteiger partial charge in [-0.2, -0.15) is 13.2 Å². The maximum atomic E-state index is 13.5. The number of nitro groups is 1. The van der Waals surface area contributed by atoms with Crippen molar-refractivity contribution in [1.82, 2.24) is 14.9 Å². The number of carbonyl (C=O) groups excluding carboxylic acids is 1. The number of piperazine rings is 1. The molecule has 1 saturated heterocycles. The maximum absolute atomic E-state index is 13.5. The first-order chi connectivity index (χ1) is 19.6. The zero-order valence-corrected chi connectivity index (χ0v) is 23.8. The summed E-state index contributed by atoms with van der Waals surface area (Å²) in [6.45, 7) is 10.5. The number of rotatable bonds is 4. The van der Waals surface area contributed by atoms with Gasteiger partial charge >= 0.3 is 12.3 Å². The third-order valence-corrected chi connectivity index (χ3v) is 7.09. The van der Waals surface area contributed by atoms with E-state index in [1.165, 1.54) is 0 Å². The molecule has 0 bridgehead atoms. The van der Waals surface area contributed by atoms with Crippen LogP contribution in [0.15, 0.2) is 30.3 Å². The van der Waals surface area contributed by atoms with E-state index in [2.05, 4.69) is 20.2 Å². The number of anilines is 2. The molecule has 1 aromatic heterocycles. The zero-order valence-electron chi connectivity index (χ0n) is 23.8. The number of halogens is 3. The second-order valence-corrected chi connectivity index (χ2v) is 11.5. The van der Waals surface area contributed by atoms with Crippen LogP contribution in [-0.2, 0) is 10.9 Å². The molecule has 2 atom stereocenters. The van der Waals surface area contributed by atoms with Crippen LogP contribution in [0.4, 0.5) is 35.2 Å². The quantitative estimate of drug-likeness (QED) is 0.295. The van der Waals surface area contributed by atoms with Crippen molar-refractivity contribution < 1.29 is 32.4 Å². The monoisotopic (exact) mass is 588 g/mol. The number of hydrogen-bond donors (Lipinski definition) is 1. The number of nitrogens with one attached hydrogen (secondary N) is 1. The van der Waals surface area contributed by atoms with E-state index in [1.807, 2.05) is 26.8 Å². The molecule has 2 aliphatic heterocycles. The van der Waals surface area contributed by atoms with Gasteiger partial charge in [0.05, 0.1) is 33.8 Å². The number of benzene rings is 2. The molecule has 11 nitrogen and oxygen atoms in total. The Kier molecular flexibility index (Phi) is 7.27. The molecule has 0 spiro atoms. The minimum Gasteiger partial charge on any atom is -0.489 e. The van der Waals surface area contributed by atoms with E-state index in [-0.39, 0.29) is 17.7 Å². The number of ether oxygens (including phenoxy) is 2. The molecular formula is C28H31F3N6O5. The average Bonchev–Trinajstić information content (AvgIpc) is 2.89. The van der Waals surface area contributed by atoms with Gasteiger partial charge < -0.3 is 24.6 Å². The minimum atomic E-state index is -4.75. The highest BCUT2D eigenvalue weighted by Gasteiger charge is 2.37. The van der Waals surface area contributed by atoms with Gasteiger partial charge in [-0.25, -0.2) is 14.8 Å². The lowest BCUT2D eigenvalue weighted by Crippen LogP contribution is -2.59. The lowest BCUT2D eigenvalue weighted by molar-refractivity contribution is -0.385. The van der Waals surface area contributed by atoms with E-state index >= 15 is 0 Å². The van der Waals surface area contributed by atoms with E-state index in [9.17, 15) is 28.1 Å². The summed E-state index contributed by atoms with van der Waals surface area (Å²) in [5.41, 5.74) is -0.940. The van der Waals surface area contributed by atoms with Crippen molar-refractivity contribution in [1.29, 1.82) is 0 Å². The number of amides is 1. The van der Waals surface area contributed by atoms with Gasteiger partial charge in [0.2, 0.25) is 0 Å².